The fraction of sp³-hybridized carbons (Fsp3) is 0.667. The van der Waals surface area contributed by atoms with Gasteiger partial charge < -0.3 is 0 Å². The molecule has 9 heteroatoms. The molecule has 6 nitrogen and oxygen atoms in total. The van der Waals surface area contributed by atoms with Crippen LogP contribution in [0, 0.1) is 16.2 Å². The van der Waals surface area contributed by atoms with E-state index in [0.29, 0.717) is 10.6 Å². The SMILES string of the molecule is CCSC(=NC#N)SCn1nnn(C(C)C)c1=S. The summed E-state index contributed by atoms with van der Waals surface area (Å²) in [5.74, 6) is 1.39. The fourth-order valence-electron chi connectivity index (χ4n) is 1.08. The maximum absolute atomic E-state index is 8.57. The van der Waals surface area contributed by atoms with Crippen LogP contribution in [0.3, 0.4) is 0 Å². The minimum Gasteiger partial charge on any atom is -0.216 e. The smallest absolute Gasteiger partial charge is 0.216 e. The van der Waals surface area contributed by atoms with Gasteiger partial charge in [0.1, 0.15) is 4.38 Å². The van der Waals surface area contributed by atoms with E-state index in [2.05, 4.69) is 15.4 Å². The van der Waals surface area contributed by atoms with Crippen molar-refractivity contribution in [3.63, 3.8) is 0 Å². The summed E-state index contributed by atoms with van der Waals surface area (Å²) in [5, 5.41) is 16.5. The zero-order chi connectivity index (χ0) is 13.5. The number of thioether (sulfide) groups is 2. The van der Waals surface area contributed by atoms with Crippen molar-refractivity contribution < 1.29 is 0 Å². The summed E-state index contributed by atoms with van der Waals surface area (Å²) < 4.78 is 4.61. The number of aliphatic imine (C=N–C) groups is 1. The zero-order valence-electron chi connectivity index (χ0n) is 10.4. The highest BCUT2D eigenvalue weighted by molar-refractivity contribution is 8.38. The minimum atomic E-state index is 0.188. The van der Waals surface area contributed by atoms with Crippen molar-refractivity contribution in [2.24, 2.45) is 4.99 Å². The summed E-state index contributed by atoms with van der Waals surface area (Å²) in [4.78, 5) is 3.75. The third-order valence-electron chi connectivity index (χ3n) is 1.87. The lowest BCUT2D eigenvalue weighted by Crippen LogP contribution is -2.04. The first-order valence-electron chi connectivity index (χ1n) is 5.34. The molecule has 1 aromatic heterocycles. The van der Waals surface area contributed by atoms with Gasteiger partial charge in [0.05, 0.1) is 11.9 Å². The lowest BCUT2D eigenvalue weighted by molar-refractivity contribution is 0.508. The van der Waals surface area contributed by atoms with Crippen molar-refractivity contribution >= 4 is 40.1 Å². The first-order valence-corrected chi connectivity index (χ1v) is 7.72. The van der Waals surface area contributed by atoms with Gasteiger partial charge in [0.15, 0.2) is 0 Å². The summed E-state index contributed by atoms with van der Waals surface area (Å²) in [6, 6.07) is 0.188. The summed E-state index contributed by atoms with van der Waals surface area (Å²) in [6.07, 6.45) is 1.80. The fourth-order valence-corrected chi connectivity index (χ4v) is 3.22. The Labute approximate surface area is 119 Å². The third-order valence-corrected chi connectivity index (χ3v) is 4.31. The van der Waals surface area contributed by atoms with E-state index in [1.165, 1.54) is 23.5 Å². The van der Waals surface area contributed by atoms with Crippen LogP contribution < -0.4 is 0 Å². The van der Waals surface area contributed by atoms with Gasteiger partial charge in [-0.3, -0.25) is 0 Å². The molecule has 0 amide bonds. The Morgan fingerprint density at radius 3 is 2.72 bits per heavy atom. The van der Waals surface area contributed by atoms with E-state index in [4.69, 9.17) is 17.5 Å². The van der Waals surface area contributed by atoms with Gasteiger partial charge in [-0.05, 0) is 42.2 Å². The molecule has 0 aliphatic heterocycles. The lowest BCUT2D eigenvalue weighted by Gasteiger charge is -2.03. The maximum atomic E-state index is 8.57. The highest BCUT2D eigenvalue weighted by Crippen LogP contribution is 2.18. The van der Waals surface area contributed by atoms with E-state index in [-0.39, 0.29) is 6.04 Å². The standard InChI is InChI=1S/C9H14N6S3/c1-4-17-8(11-5-10)18-6-14-9(16)15(7(2)3)13-12-14/h7H,4,6H2,1-3H3. The van der Waals surface area contributed by atoms with Crippen LogP contribution in [0.4, 0.5) is 0 Å². The molecule has 1 heterocycles. The van der Waals surface area contributed by atoms with E-state index < -0.39 is 0 Å². The first kappa shape index (κ1) is 15.2. The van der Waals surface area contributed by atoms with Crippen molar-refractivity contribution in [2.75, 3.05) is 5.75 Å². The van der Waals surface area contributed by atoms with Gasteiger partial charge >= 0.3 is 0 Å². The van der Waals surface area contributed by atoms with Crippen molar-refractivity contribution in [3.8, 4) is 6.19 Å². The number of tetrazole rings is 1. The Kier molecular flexibility index (Phi) is 6.38. The summed E-state index contributed by atoms with van der Waals surface area (Å²) in [7, 11) is 0. The lowest BCUT2D eigenvalue weighted by atomic mass is 10.4. The molecule has 0 bridgehead atoms. The van der Waals surface area contributed by atoms with E-state index in [0.717, 1.165) is 10.1 Å². The van der Waals surface area contributed by atoms with Gasteiger partial charge in [0.2, 0.25) is 11.0 Å². The quantitative estimate of drug-likeness (QED) is 0.368. The summed E-state index contributed by atoms with van der Waals surface area (Å²) >= 11 is 8.22. The zero-order valence-corrected chi connectivity index (χ0v) is 12.8. The van der Waals surface area contributed by atoms with Gasteiger partial charge in [-0.2, -0.15) is 10.3 Å². The van der Waals surface area contributed by atoms with Crippen LogP contribution in [0.1, 0.15) is 26.8 Å². The molecule has 0 saturated heterocycles. The third kappa shape index (κ3) is 4.12. The molecule has 0 fully saturated rings. The number of rotatable bonds is 4. The van der Waals surface area contributed by atoms with Crippen molar-refractivity contribution in [1.29, 1.82) is 5.26 Å². The topological polar surface area (TPSA) is 71.8 Å². The highest BCUT2D eigenvalue weighted by atomic mass is 32.2. The molecule has 1 aromatic rings. The molecule has 0 spiro atoms. The Morgan fingerprint density at radius 1 is 1.50 bits per heavy atom. The van der Waals surface area contributed by atoms with Crippen LogP contribution in [0.25, 0.3) is 0 Å². The van der Waals surface area contributed by atoms with Crippen molar-refractivity contribution in [2.45, 2.75) is 32.7 Å². The maximum Gasteiger partial charge on any atom is 0.216 e. The van der Waals surface area contributed by atoms with Crippen LogP contribution in [0.15, 0.2) is 4.99 Å². The molecule has 0 aliphatic carbocycles. The normalized spacial score (nSPS) is 11.8. The molecular formula is C9H14N6S3. The largest absolute Gasteiger partial charge is 0.216 e. The van der Waals surface area contributed by atoms with Crippen LogP contribution >= 0.6 is 35.7 Å². The van der Waals surface area contributed by atoms with E-state index in [9.17, 15) is 0 Å². The predicted molar refractivity (Wildman–Crippen MR) is 78.0 cm³/mol. The Bertz CT molecular complexity index is 509. The van der Waals surface area contributed by atoms with E-state index in [1.807, 2.05) is 20.8 Å². The Balaban J connectivity index is 2.72. The van der Waals surface area contributed by atoms with Gasteiger partial charge in [0.25, 0.3) is 0 Å². The second-order valence-electron chi connectivity index (χ2n) is 3.48. The van der Waals surface area contributed by atoms with Crippen LogP contribution in [0.2, 0.25) is 0 Å². The van der Waals surface area contributed by atoms with Gasteiger partial charge in [-0.25, -0.2) is 9.36 Å². The number of hydrogen-bond donors (Lipinski definition) is 0. The van der Waals surface area contributed by atoms with Gasteiger partial charge in [-0.15, -0.1) is 0 Å². The molecule has 0 atom stereocenters. The number of nitrogens with zero attached hydrogens (tertiary/aromatic N) is 6. The second kappa shape index (κ2) is 7.56. The molecule has 0 unspecified atom stereocenters. The average Bonchev–Trinajstić information content (AvgIpc) is 2.68. The molecular weight excluding hydrogens is 288 g/mol. The predicted octanol–water partition coefficient (Wildman–Crippen LogP) is 2.67. The number of nitriles is 1. The minimum absolute atomic E-state index is 0.188. The molecule has 0 aliphatic rings. The van der Waals surface area contributed by atoms with Crippen molar-refractivity contribution in [3.05, 3.63) is 4.77 Å². The van der Waals surface area contributed by atoms with Gasteiger partial charge in [-0.1, -0.05) is 30.4 Å². The van der Waals surface area contributed by atoms with Crippen LogP contribution in [0.5, 0.6) is 0 Å². The Morgan fingerprint density at radius 2 is 2.22 bits per heavy atom. The van der Waals surface area contributed by atoms with Crippen molar-refractivity contribution in [1.82, 2.24) is 19.8 Å². The molecule has 0 aromatic carbocycles. The molecule has 1 rings (SSSR count). The molecule has 0 radical (unpaired) electrons. The number of aromatic nitrogens is 4. The molecule has 98 valence electrons. The highest BCUT2D eigenvalue weighted by Gasteiger charge is 2.08. The van der Waals surface area contributed by atoms with Crippen LogP contribution in [-0.2, 0) is 5.88 Å². The summed E-state index contributed by atoms with van der Waals surface area (Å²) in [6.45, 7) is 6.01. The molecule has 0 saturated carbocycles. The van der Waals surface area contributed by atoms with E-state index >= 15 is 0 Å². The number of hydrogen-bond acceptors (Lipinski definition) is 7. The average molecular weight is 302 g/mol. The Hall–Kier alpha value is -0.850. The monoisotopic (exact) mass is 302 g/mol. The molecule has 0 N–H and O–H groups in total. The first-order chi connectivity index (χ1) is 8.60. The molecule has 18 heavy (non-hydrogen) atoms. The van der Waals surface area contributed by atoms with E-state index in [1.54, 1.807) is 15.6 Å². The van der Waals surface area contributed by atoms with Gasteiger partial charge in [0, 0.05) is 0 Å². The summed E-state index contributed by atoms with van der Waals surface area (Å²) in [5.41, 5.74) is 0. The van der Waals surface area contributed by atoms with Crippen LogP contribution in [-0.4, -0.2) is 29.9 Å². The second-order valence-corrected chi connectivity index (χ2v) is 6.29.